The highest BCUT2D eigenvalue weighted by atomic mass is 19.1. The molecule has 0 aliphatic carbocycles. The van der Waals surface area contributed by atoms with E-state index in [0.717, 1.165) is 10.9 Å². The van der Waals surface area contributed by atoms with Crippen LogP contribution in [0, 0.1) is 5.82 Å². The van der Waals surface area contributed by atoms with Gasteiger partial charge in [0.05, 0.1) is 16.8 Å². The maximum absolute atomic E-state index is 14.2. The van der Waals surface area contributed by atoms with Gasteiger partial charge in [0, 0.05) is 11.6 Å². The molecule has 7 nitrogen and oxygen atoms in total. The van der Waals surface area contributed by atoms with Crippen molar-refractivity contribution in [1.29, 1.82) is 0 Å². The van der Waals surface area contributed by atoms with Gasteiger partial charge in [-0.25, -0.2) is 9.37 Å². The lowest BCUT2D eigenvalue weighted by atomic mass is 10.1. The fourth-order valence-corrected chi connectivity index (χ4v) is 2.63. The van der Waals surface area contributed by atoms with Crippen molar-refractivity contribution in [3.63, 3.8) is 0 Å². The number of benzene rings is 2. The van der Waals surface area contributed by atoms with Gasteiger partial charge >= 0.3 is 0 Å². The second-order valence-corrected chi connectivity index (χ2v) is 5.43. The normalized spacial score (nSPS) is 10.9. The largest absolute Gasteiger partial charge is 0.324 e. The molecule has 0 fully saturated rings. The summed E-state index contributed by atoms with van der Waals surface area (Å²) in [5.74, 6) is -0.572. The van der Waals surface area contributed by atoms with Crippen molar-refractivity contribution in [2.24, 2.45) is 0 Å². The molecule has 0 saturated heterocycles. The van der Waals surface area contributed by atoms with E-state index in [2.05, 4.69) is 25.6 Å². The third kappa shape index (κ3) is 2.97. The molecule has 0 radical (unpaired) electrons. The SMILES string of the molecule is O=C(Cn1cc2ccccc2n1)Nc1cccc(F)c1-c1ncn[nH]1. The molecule has 0 saturated carbocycles. The molecule has 2 aromatic carbocycles. The summed E-state index contributed by atoms with van der Waals surface area (Å²) in [7, 11) is 0. The van der Waals surface area contributed by atoms with Gasteiger partial charge in [0.25, 0.3) is 0 Å². The van der Waals surface area contributed by atoms with Gasteiger partial charge in [0.2, 0.25) is 5.91 Å². The van der Waals surface area contributed by atoms with Gasteiger partial charge in [-0.1, -0.05) is 24.3 Å². The summed E-state index contributed by atoms with van der Waals surface area (Å²) in [6.07, 6.45) is 3.07. The van der Waals surface area contributed by atoms with Crippen LogP contribution in [-0.4, -0.2) is 30.9 Å². The Balaban J connectivity index is 1.58. The first-order valence-corrected chi connectivity index (χ1v) is 7.57. The fourth-order valence-electron chi connectivity index (χ4n) is 2.63. The molecule has 2 heterocycles. The van der Waals surface area contributed by atoms with Crippen LogP contribution in [0.1, 0.15) is 0 Å². The zero-order chi connectivity index (χ0) is 17.2. The monoisotopic (exact) mass is 336 g/mol. The Hall–Kier alpha value is -3.55. The second kappa shape index (κ2) is 6.16. The number of nitrogens with one attached hydrogen (secondary N) is 2. The van der Waals surface area contributed by atoms with E-state index in [-0.39, 0.29) is 23.8 Å². The minimum Gasteiger partial charge on any atom is -0.324 e. The van der Waals surface area contributed by atoms with Crippen molar-refractivity contribution in [2.75, 3.05) is 5.32 Å². The highest BCUT2D eigenvalue weighted by Gasteiger charge is 2.16. The van der Waals surface area contributed by atoms with Crippen LogP contribution in [-0.2, 0) is 11.3 Å². The number of nitrogens with zero attached hydrogens (tertiary/aromatic N) is 4. The summed E-state index contributed by atoms with van der Waals surface area (Å²) in [5.41, 5.74) is 1.29. The minimum atomic E-state index is -0.501. The lowest BCUT2D eigenvalue weighted by Gasteiger charge is -2.10. The van der Waals surface area contributed by atoms with E-state index in [1.165, 1.54) is 18.5 Å². The maximum atomic E-state index is 14.2. The molecule has 2 aromatic heterocycles. The Labute approximate surface area is 141 Å². The first-order chi connectivity index (χ1) is 12.2. The zero-order valence-electron chi connectivity index (χ0n) is 13.0. The zero-order valence-corrected chi connectivity index (χ0v) is 13.0. The highest BCUT2D eigenvalue weighted by Crippen LogP contribution is 2.27. The molecule has 4 aromatic rings. The van der Waals surface area contributed by atoms with Gasteiger partial charge in [-0.3, -0.25) is 14.6 Å². The summed E-state index contributed by atoms with van der Waals surface area (Å²) in [4.78, 5) is 16.3. The molecule has 0 spiro atoms. The van der Waals surface area contributed by atoms with Crippen LogP contribution >= 0.6 is 0 Å². The van der Waals surface area contributed by atoms with Gasteiger partial charge in [0.15, 0.2) is 5.82 Å². The van der Waals surface area contributed by atoms with Crippen molar-refractivity contribution >= 4 is 22.5 Å². The number of H-pyrrole nitrogens is 1. The van der Waals surface area contributed by atoms with Gasteiger partial charge in [-0.15, -0.1) is 0 Å². The molecule has 25 heavy (non-hydrogen) atoms. The predicted molar refractivity (Wildman–Crippen MR) is 90.1 cm³/mol. The standard InChI is InChI=1S/C17H13FN6O/c18-12-5-3-7-14(16(12)17-19-10-20-22-17)21-15(25)9-24-8-11-4-1-2-6-13(11)23-24/h1-8,10H,9H2,(H,21,25)(H,19,20,22). The summed E-state index contributed by atoms with van der Waals surface area (Å²) in [6, 6.07) is 12.0. The third-order valence-corrected chi connectivity index (χ3v) is 3.71. The van der Waals surface area contributed by atoms with Gasteiger partial charge in [-0.05, 0) is 18.2 Å². The Morgan fingerprint density at radius 3 is 2.88 bits per heavy atom. The number of halogens is 1. The van der Waals surface area contributed by atoms with Crippen LogP contribution < -0.4 is 5.32 Å². The molecular formula is C17H13FN6O. The number of hydrogen-bond acceptors (Lipinski definition) is 4. The number of rotatable bonds is 4. The molecule has 0 atom stereocenters. The second-order valence-electron chi connectivity index (χ2n) is 5.43. The molecule has 1 amide bonds. The molecule has 8 heteroatoms. The summed E-state index contributed by atoms with van der Waals surface area (Å²) >= 11 is 0. The molecule has 0 aliphatic rings. The Morgan fingerprint density at radius 2 is 2.08 bits per heavy atom. The quantitative estimate of drug-likeness (QED) is 0.599. The lowest BCUT2D eigenvalue weighted by molar-refractivity contribution is -0.116. The lowest BCUT2D eigenvalue weighted by Crippen LogP contribution is -2.19. The van der Waals surface area contributed by atoms with Crippen LogP contribution in [0.15, 0.2) is 55.0 Å². The number of carbonyl (C=O) groups excluding carboxylic acids is 1. The molecule has 2 N–H and O–H groups in total. The van der Waals surface area contributed by atoms with E-state index in [0.29, 0.717) is 5.69 Å². The van der Waals surface area contributed by atoms with Crippen LogP contribution in [0.2, 0.25) is 0 Å². The number of aromatic amines is 1. The predicted octanol–water partition coefficient (Wildman–Crippen LogP) is 2.60. The summed E-state index contributed by atoms with van der Waals surface area (Å²) < 4.78 is 15.7. The number of anilines is 1. The number of amides is 1. The van der Waals surface area contributed by atoms with E-state index < -0.39 is 5.82 Å². The molecule has 0 aliphatic heterocycles. The average molecular weight is 336 g/mol. The third-order valence-electron chi connectivity index (χ3n) is 3.71. The van der Waals surface area contributed by atoms with Crippen molar-refractivity contribution in [3.05, 3.63) is 60.8 Å². The summed E-state index contributed by atoms with van der Waals surface area (Å²) in [6.45, 7) is 0.0149. The van der Waals surface area contributed by atoms with Gasteiger partial charge in [-0.2, -0.15) is 10.2 Å². The van der Waals surface area contributed by atoms with Crippen molar-refractivity contribution in [1.82, 2.24) is 25.0 Å². The molecular weight excluding hydrogens is 323 g/mol. The van der Waals surface area contributed by atoms with Gasteiger partial charge in [0.1, 0.15) is 18.7 Å². The van der Waals surface area contributed by atoms with E-state index >= 15 is 0 Å². The topological polar surface area (TPSA) is 88.5 Å². The van der Waals surface area contributed by atoms with E-state index in [4.69, 9.17) is 0 Å². The first-order valence-electron chi connectivity index (χ1n) is 7.57. The molecule has 4 rings (SSSR count). The number of hydrogen-bond donors (Lipinski definition) is 2. The molecule has 0 unspecified atom stereocenters. The Bertz CT molecular complexity index is 1010. The molecule has 0 bridgehead atoms. The van der Waals surface area contributed by atoms with Crippen LogP contribution in [0.5, 0.6) is 0 Å². The smallest absolute Gasteiger partial charge is 0.246 e. The van der Waals surface area contributed by atoms with Crippen LogP contribution in [0.4, 0.5) is 10.1 Å². The van der Waals surface area contributed by atoms with Gasteiger partial charge < -0.3 is 5.32 Å². The Kier molecular flexibility index (Phi) is 3.70. The maximum Gasteiger partial charge on any atom is 0.246 e. The minimum absolute atomic E-state index is 0.0149. The average Bonchev–Trinajstić information content (AvgIpc) is 3.23. The number of fused-ring (bicyclic) bond motifs is 1. The fraction of sp³-hybridized carbons (Fsp3) is 0.0588. The highest BCUT2D eigenvalue weighted by molar-refractivity contribution is 5.94. The number of aromatic nitrogens is 5. The number of carbonyl (C=O) groups is 1. The van der Waals surface area contributed by atoms with E-state index in [1.807, 2.05) is 24.3 Å². The molecule has 124 valence electrons. The Morgan fingerprint density at radius 1 is 1.20 bits per heavy atom. The van der Waals surface area contributed by atoms with E-state index in [9.17, 15) is 9.18 Å². The van der Waals surface area contributed by atoms with Crippen molar-refractivity contribution in [2.45, 2.75) is 6.54 Å². The van der Waals surface area contributed by atoms with Crippen molar-refractivity contribution < 1.29 is 9.18 Å². The summed E-state index contributed by atoms with van der Waals surface area (Å²) in [5, 5.41) is 14.3. The van der Waals surface area contributed by atoms with E-state index in [1.54, 1.807) is 16.9 Å². The van der Waals surface area contributed by atoms with Crippen molar-refractivity contribution in [3.8, 4) is 11.4 Å². The van der Waals surface area contributed by atoms with Crippen LogP contribution in [0.3, 0.4) is 0 Å². The first kappa shape index (κ1) is 15.0. The van der Waals surface area contributed by atoms with Crippen LogP contribution in [0.25, 0.3) is 22.3 Å².